The maximum absolute atomic E-state index is 2.56. The molecule has 178 valence electrons. The Labute approximate surface area is 227 Å². The first-order valence-electron chi connectivity index (χ1n) is 11.9. The Morgan fingerprint density at radius 3 is 1.12 bits per heavy atom. The Morgan fingerprint density at radius 2 is 0.853 bits per heavy atom. The number of allylic oxidation sites excluding steroid dienone is 8. The molecule has 0 bridgehead atoms. The number of benzene rings is 2. The number of rotatable bonds is 4. The average molecular weight is 674 g/mol. The Bertz CT molecular complexity index is 1140. The Balaban J connectivity index is 0.00000204. The van der Waals surface area contributed by atoms with E-state index in [1.54, 1.807) is 43.8 Å². The van der Waals surface area contributed by atoms with Crippen LogP contribution in [0.25, 0.3) is 0 Å². The molecule has 4 heteroatoms. The molecule has 0 heterocycles. The number of hydrogen-bond acceptors (Lipinski definition) is 0. The van der Waals surface area contributed by atoms with Crippen LogP contribution in [0.5, 0.6) is 0 Å². The molecular weight excluding hydrogens is 638 g/mol. The van der Waals surface area contributed by atoms with E-state index in [4.69, 9.17) is 0 Å². The van der Waals surface area contributed by atoms with Crippen molar-refractivity contribution < 1.29 is 44.9 Å². The molecule has 0 aliphatic heterocycles. The van der Waals surface area contributed by atoms with Crippen molar-refractivity contribution in [2.45, 2.75) is 55.4 Å². The average Bonchev–Trinajstić information content (AvgIpc) is 3.12. The fraction of sp³-hybridized carbons (Fsp3) is 0.333. The van der Waals surface area contributed by atoms with E-state index in [0.717, 1.165) is 0 Å². The van der Waals surface area contributed by atoms with Gasteiger partial charge in [0.2, 0.25) is 0 Å². The molecule has 4 rings (SSSR count). The second-order valence-electron chi connectivity index (χ2n) is 9.62. The molecule has 0 nitrogen and oxygen atoms in total. The van der Waals surface area contributed by atoms with Gasteiger partial charge in [0.1, 0.15) is 0 Å². The topological polar surface area (TPSA) is 0 Å². The van der Waals surface area contributed by atoms with E-state index in [-0.39, 0.29) is 24.8 Å². The van der Waals surface area contributed by atoms with Crippen molar-refractivity contribution in [2.75, 3.05) is 0 Å². The molecule has 2 aromatic rings. The second kappa shape index (κ2) is 11.9. The van der Waals surface area contributed by atoms with Crippen LogP contribution >= 0.6 is 0 Å². The summed E-state index contributed by atoms with van der Waals surface area (Å²) in [5.74, 6) is 1.19. The normalized spacial score (nSPS) is 19.7. The summed E-state index contributed by atoms with van der Waals surface area (Å²) >= 11 is -2.56. The van der Waals surface area contributed by atoms with Gasteiger partial charge in [0.05, 0.1) is 0 Å². The van der Waals surface area contributed by atoms with E-state index >= 15 is 0 Å². The van der Waals surface area contributed by atoms with E-state index in [9.17, 15) is 0 Å². The third-order valence-corrected chi connectivity index (χ3v) is 36.2. The van der Waals surface area contributed by atoms with Gasteiger partial charge in [-0.15, -0.1) is 0 Å². The Morgan fingerprint density at radius 1 is 0.529 bits per heavy atom. The molecule has 2 aromatic carbocycles. The third-order valence-electron chi connectivity index (χ3n) is 8.19. The predicted octanol–water partition coefficient (Wildman–Crippen LogP) is 0.939. The molecule has 2 aliphatic carbocycles. The molecule has 2 aliphatic rings. The molecular formula is C30H36Cl2HfSi. The first-order valence-corrected chi connectivity index (χ1v) is 22.4. The molecule has 0 fully saturated rings. The molecule has 0 saturated heterocycles. The minimum Gasteiger partial charge on any atom is -1.00 e. The van der Waals surface area contributed by atoms with Crippen LogP contribution < -0.4 is 35.2 Å². The summed E-state index contributed by atoms with van der Waals surface area (Å²) < 4.78 is 3.77. The van der Waals surface area contributed by atoms with Crippen LogP contribution in [0.4, 0.5) is 0 Å². The zero-order valence-electron chi connectivity index (χ0n) is 21.7. The van der Waals surface area contributed by atoms with Crippen molar-refractivity contribution in [1.29, 1.82) is 0 Å². The quantitative estimate of drug-likeness (QED) is 0.425. The van der Waals surface area contributed by atoms with Crippen molar-refractivity contribution in [3.63, 3.8) is 0 Å². The van der Waals surface area contributed by atoms with Gasteiger partial charge in [0.15, 0.2) is 0 Å². The summed E-state index contributed by atoms with van der Waals surface area (Å²) in [4.78, 5) is 0. The van der Waals surface area contributed by atoms with Crippen LogP contribution in [0.1, 0.15) is 55.4 Å². The van der Waals surface area contributed by atoms with Crippen molar-refractivity contribution >= 4 is 15.9 Å². The third kappa shape index (κ3) is 4.98. The van der Waals surface area contributed by atoms with Gasteiger partial charge >= 0.3 is 204 Å². The maximum atomic E-state index is 2.49. The zero-order chi connectivity index (χ0) is 23.2. The van der Waals surface area contributed by atoms with E-state index in [0.29, 0.717) is 11.8 Å². The van der Waals surface area contributed by atoms with Crippen molar-refractivity contribution in [3.8, 4) is 0 Å². The number of hydrogen-bond donors (Lipinski definition) is 0. The van der Waals surface area contributed by atoms with Crippen LogP contribution in [0.3, 0.4) is 0 Å². The summed E-state index contributed by atoms with van der Waals surface area (Å²) in [6.07, 6.45) is 0. The molecule has 0 spiro atoms. The Hall–Kier alpha value is -0.933. The molecule has 2 atom stereocenters. The fourth-order valence-electron chi connectivity index (χ4n) is 5.61. The van der Waals surface area contributed by atoms with Crippen LogP contribution in [0.2, 0.25) is 0 Å². The molecule has 0 N–H and O–H groups in total. The fourth-order valence-corrected chi connectivity index (χ4v) is 40.1. The van der Waals surface area contributed by atoms with Gasteiger partial charge in [-0.2, -0.15) is 0 Å². The van der Waals surface area contributed by atoms with Crippen LogP contribution in [-0.2, 0) is 20.1 Å². The first-order chi connectivity index (χ1) is 15.3. The van der Waals surface area contributed by atoms with E-state index in [1.165, 1.54) is 0 Å². The summed E-state index contributed by atoms with van der Waals surface area (Å²) in [5.41, 5.74) is 8.69. The largest absolute Gasteiger partial charge is 1.00 e. The number of halogens is 2. The predicted molar refractivity (Wildman–Crippen MR) is 138 cm³/mol. The van der Waals surface area contributed by atoms with E-state index < -0.39 is 25.6 Å². The van der Waals surface area contributed by atoms with Crippen molar-refractivity contribution in [1.82, 2.24) is 0 Å². The van der Waals surface area contributed by atoms with Gasteiger partial charge in [-0.1, -0.05) is 0 Å². The first kappa shape index (κ1) is 29.3. The maximum Gasteiger partial charge on any atom is -1.00 e. The zero-order valence-corrected chi connectivity index (χ0v) is 27.8. The molecule has 0 aromatic heterocycles. The molecule has 0 amide bonds. The van der Waals surface area contributed by atoms with Crippen molar-refractivity contribution in [2.24, 2.45) is 11.8 Å². The van der Waals surface area contributed by atoms with E-state index in [1.807, 2.05) is 6.66 Å². The van der Waals surface area contributed by atoms with Gasteiger partial charge in [-0.3, -0.25) is 0 Å². The molecule has 34 heavy (non-hydrogen) atoms. The second-order valence-corrected chi connectivity index (χ2v) is 27.6. The summed E-state index contributed by atoms with van der Waals surface area (Å²) in [5, 5.41) is 3.21. The molecule has 0 radical (unpaired) electrons. The molecule has 0 saturated carbocycles. The summed E-state index contributed by atoms with van der Waals surface area (Å²) in [6, 6.07) is 23.1. The summed E-state index contributed by atoms with van der Waals surface area (Å²) in [7, 11) is 0. The molecule has 2 unspecified atom stereocenters. The standard InChI is InChI=1S/C12H10Si.2C9H13.2ClH.Hf/c1-3-7-11(8-4-1)13-12-9-5-2-6-10-12;2*1-6-5-7(2)9(4)8(6)3;;;/h1-10H;2*6H,1-4H3;2*1H;/q;;;;;+2/p-2. The van der Waals surface area contributed by atoms with E-state index in [2.05, 4.69) is 116 Å². The minimum absolute atomic E-state index is 0. The smallest absolute Gasteiger partial charge is 1.00 e. The van der Waals surface area contributed by atoms with Gasteiger partial charge in [0.25, 0.3) is 0 Å². The monoisotopic (exact) mass is 674 g/mol. The SMILES string of the molecule is CC1=C(C)C(C)[C]([Hf+2]([C]2=C(C)C(C)=C(C)C2C)=[Si](c2ccccc2)c2ccccc2)=C1C.[Cl-].[Cl-]. The van der Waals surface area contributed by atoms with Gasteiger partial charge in [-0.05, 0) is 0 Å². The van der Waals surface area contributed by atoms with Crippen LogP contribution in [0, 0.1) is 11.8 Å². The van der Waals surface area contributed by atoms with Crippen LogP contribution in [0.15, 0.2) is 101 Å². The van der Waals surface area contributed by atoms with Gasteiger partial charge in [0, 0.05) is 0 Å². The Kier molecular flexibility index (Phi) is 10.2. The van der Waals surface area contributed by atoms with Crippen LogP contribution in [-0.4, -0.2) is 5.49 Å². The summed E-state index contributed by atoms with van der Waals surface area (Å²) in [6.45, 7) is 19.3. The van der Waals surface area contributed by atoms with Gasteiger partial charge < -0.3 is 24.8 Å². The van der Waals surface area contributed by atoms with Crippen molar-refractivity contribution in [3.05, 3.63) is 101 Å². The van der Waals surface area contributed by atoms with Gasteiger partial charge in [-0.25, -0.2) is 0 Å². The minimum atomic E-state index is -2.56.